The molecule has 0 aromatic rings. The molecule has 0 aliphatic heterocycles. The maximum Gasteiger partial charge on any atom is 0 e. The average molecular weight is 668 g/mol. The van der Waals surface area contributed by atoms with Gasteiger partial charge in [0.15, 0.2) is 0 Å². The number of carbonyl (C=O) groups is 2. The van der Waals surface area contributed by atoms with E-state index < -0.39 is 11.9 Å². The van der Waals surface area contributed by atoms with Crippen molar-refractivity contribution in [3.63, 3.8) is 0 Å². The third-order valence-electron chi connectivity index (χ3n) is 1.03. The number of carboxylic acids is 2. The van der Waals surface area contributed by atoms with Gasteiger partial charge in [-0.1, -0.05) is 0 Å². The van der Waals surface area contributed by atoms with E-state index in [0.29, 0.717) is 10.6 Å². The Bertz CT molecular complexity index is 252. The van der Waals surface area contributed by atoms with Crippen LogP contribution in [0.3, 0.4) is 0 Å². The summed E-state index contributed by atoms with van der Waals surface area (Å²) in [6, 6.07) is 0. The van der Waals surface area contributed by atoms with Crippen LogP contribution in [-0.2, 0) is 44.0 Å². The average Bonchev–Trinajstić information content (AvgIpc) is 2.44. The van der Waals surface area contributed by atoms with Crippen LogP contribution in [0.2, 0.25) is 21.3 Å². The monoisotopic (exact) mass is 670 g/mol. The molecule has 0 fully saturated rings. The Morgan fingerprint density at radius 3 is 1.24 bits per heavy atom. The van der Waals surface area contributed by atoms with Crippen molar-refractivity contribution >= 4 is 41.9 Å². The van der Waals surface area contributed by atoms with Crippen LogP contribution >= 0.6 is 0 Å². The topological polar surface area (TPSA) is 134 Å². The second-order valence-corrected chi connectivity index (χ2v) is 6.88. The van der Waals surface area contributed by atoms with Crippen LogP contribution < -0.4 is 17.0 Å². The molecule has 0 unspecified atom stereocenters. The van der Waals surface area contributed by atoms with E-state index in [2.05, 4.69) is 20.0 Å². The van der Waals surface area contributed by atoms with Crippen LogP contribution in [0.1, 0.15) is 6.42 Å². The summed E-state index contributed by atoms with van der Waals surface area (Å²) in [5, 5.41) is 19.2. The first kappa shape index (κ1) is 37.5. The smallest absolute Gasteiger partial charge is 0 e. The largest absolute Gasteiger partial charge is 0 e. The predicted octanol–water partition coefficient (Wildman–Crippen LogP) is -2.48. The van der Waals surface area contributed by atoms with Gasteiger partial charge in [-0.25, -0.2) is 0 Å². The molecular weight excluding hydrogens is 656 g/mol. The third-order valence-corrected chi connectivity index (χ3v) is 5.34. The summed E-state index contributed by atoms with van der Waals surface area (Å²) >= 11 is 0.399. The van der Waals surface area contributed by atoms with Gasteiger partial charge in [-0.05, 0) is 0 Å². The van der Waals surface area contributed by atoms with Crippen molar-refractivity contribution in [2.24, 2.45) is 0 Å². The maximum absolute atomic E-state index is 10.1. The number of carboxylic acid groups (broad SMARTS) is 2. The minimum atomic E-state index is -0.726. The first-order valence-corrected chi connectivity index (χ1v) is 9.17. The first-order valence-electron chi connectivity index (χ1n) is 4.33. The van der Waals surface area contributed by atoms with Gasteiger partial charge in [0.05, 0.1) is 0 Å². The van der Waals surface area contributed by atoms with Crippen LogP contribution in [0, 0.1) is 20.0 Å². The number of hydrogen-bond donors (Lipinski definition) is 2. The summed E-state index contributed by atoms with van der Waals surface area (Å²) in [5.74, 6) is -1.45. The van der Waals surface area contributed by atoms with E-state index >= 15 is 0 Å². The van der Waals surface area contributed by atoms with Gasteiger partial charge in [0, 0.05) is 20.4 Å². The molecule has 0 aliphatic carbocycles. The fraction of sp³-hybridized carbons (Fsp3) is 0.500. The van der Waals surface area contributed by atoms with Crippen LogP contribution in [0.25, 0.3) is 0 Å². The molecule has 0 aromatic carbocycles. The van der Waals surface area contributed by atoms with Crippen LogP contribution in [0.5, 0.6) is 0 Å². The van der Waals surface area contributed by atoms with Crippen molar-refractivity contribution in [1.29, 1.82) is 0 Å². The fourth-order valence-electron chi connectivity index (χ4n) is 0.582. The Kier molecular flexibility index (Phi) is 76.4. The zero-order valence-electron chi connectivity index (χ0n) is 10.5. The molecule has 7 nitrogen and oxygen atoms in total. The third kappa shape index (κ3) is 64.0. The van der Waals surface area contributed by atoms with Crippen molar-refractivity contribution < 1.29 is 71.2 Å². The molecule has 0 heterocycles. The van der Waals surface area contributed by atoms with Crippen molar-refractivity contribution in [3.05, 3.63) is 20.0 Å². The molecular formula is C10H12BrO7ReSe2-. The molecule has 0 saturated heterocycles. The second-order valence-electron chi connectivity index (χ2n) is 2.25. The zero-order chi connectivity index (χ0) is 16.1. The molecule has 21 heavy (non-hydrogen) atoms. The fourth-order valence-corrected chi connectivity index (χ4v) is 4.31. The normalized spacial score (nSPS) is 6.38. The van der Waals surface area contributed by atoms with Crippen molar-refractivity contribution in [2.45, 2.75) is 27.7 Å². The molecule has 0 atom stereocenters. The summed E-state index contributed by atoms with van der Waals surface area (Å²) in [4.78, 5) is 20.2. The van der Waals surface area contributed by atoms with Crippen LogP contribution in [-0.4, -0.2) is 52.1 Å². The van der Waals surface area contributed by atoms with E-state index in [-0.39, 0.29) is 67.3 Å². The van der Waals surface area contributed by atoms with Crippen molar-refractivity contribution in [2.75, 3.05) is 0 Å². The standard InChI is InChI=1S/C7H12O4Se2.3CO.BrH.Re/c8-6(9)4-12-2-1-3-13-5-7(10)11;3*1-2;;/h1-5H2,(H,8,9)(H,10,11);;;;1H;/p-1. The first-order chi connectivity index (χ1) is 9.13. The Hall–Kier alpha value is 0.341. The van der Waals surface area contributed by atoms with Gasteiger partial charge in [-0.2, -0.15) is 0 Å². The summed E-state index contributed by atoms with van der Waals surface area (Å²) in [6.07, 6.45) is 0.987. The molecule has 0 rings (SSSR count). The van der Waals surface area contributed by atoms with E-state index in [4.69, 9.17) is 24.2 Å². The van der Waals surface area contributed by atoms with E-state index in [9.17, 15) is 9.59 Å². The maximum atomic E-state index is 10.1. The Morgan fingerprint density at radius 2 is 1.05 bits per heavy atom. The molecule has 11 heteroatoms. The quantitative estimate of drug-likeness (QED) is 0.128. The van der Waals surface area contributed by atoms with Crippen LogP contribution in [0.15, 0.2) is 0 Å². The molecule has 0 amide bonds. The molecule has 0 saturated carbocycles. The SMILES string of the molecule is O=C(O)C[Se]CCC[Se]CC(=O)O.[Br-].[C-]#[O+].[C-]#[O+].[C-]#[O+].[Re]. The van der Waals surface area contributed by atoms with E-state index in [1.807, 2.05) is 0 Å². The van der Waals surface area contributed by atoms with Crippen molar-refractivity contribution in [1.82, 2.24) is 0 Å². The molecule has 2 N–H and O–H groups in total. The van der Waals surface area contributed by atoms with E-state index in [1.165, 1.54) is 0 Å². The Balaban J connectivity index is -0.0000000622. The number of hydrogen-bond acceptors (Lipinski definition) is 2. The van der Waals surface area contributed by atoms with Gasteiger partial charge < -0.3 is 17.0 Å². The van der Waals surface area contributed by atoms with E-state index in [1.54, 1.807) is 0 Å². The predicted molar refractivity (Wildman–Crippen MR) is 62.4 cm³/mol. The number of rotatable bonds is 8. The van der Waals surface area contributed by atoms with Gasteiger partial charge in [-0.3, -0.25) is 0 Å². The van der Waals surface area contributed by atoms with Crippen LogP contribution in [0.4, 0.5) is 0 Å². The summed E-state index contributed by atoms with van der Waals surface area (Å²) < 4.78 is 22.5. The Labute approximate surface area is 159 Å². The molecule has 121 valence electrons. The summed E-state index contributed by atoms with van der Waals surface area (Å²) in [5.41, 5.74) is 0. The number of aliphatic carboxylic acids is 2. The molecule has 0 aromatic heterocycles. The summed E-state index contributed by atoms with van der Waals surface area (Å²) in [6.45, 7) is 13.5. The van der Waals surface area contributed by atoms with E-state index in [0.717, 1.165) is 17.1 Å². The van der Waals surface area contributed by atoms with Gasteiger partial charge >= 0.3 is 123 Å². The second kappa shape index (κ2) is 42.8. The molecule has 0 spiro atoms. The molecule has 0 bridgehead atoms. The Morgan fingerprint density at radius 1 is 0.810 bits per heavy atom. The van der Waals surface area contributed by atoms with Gasteiger partial charge in [-0.15, -0.1) is 0 Å². The minimum absolute atomic E-state index is 0. The number of halogens is 1. The van der Waals surface area contributed by atoms with Crippen molar-refractivity contribution in [3.8, 4) is 0 Å². The summed E-state index contributed by atoms with van der Waals surface area (Å²) in [7, 11) is 0. The minimum Gasteiger partial charge on any atom is 0 e. The zero-order valence-corrected chi connectivity index (χ0v) is 18.3. The molecule has 0 aliphatic rings. The van der Waals surface area contributed by atoms with Gasteiger partial charge in [0.1, 0.15) is 0 Å². The van der Waals surface area contributed by atoms with Gasteiger partial charge in [0.2, 0.25) is 0 Å². The molecule has 1 radical (unpaired) electrons. The van der Waals surface area contributed by atoms with Gasteiger partial charge in [0.25, 0.3) is 0 Å².